The third kappa shape index (κ3) is 3.82. The number of hydrogen-bond acceptors (Lipinski definition) is 3. The molecule has 0 atom stereocenters. The molecule has 2 amide bonds. The Bertz CT molecular complexity index is 1000. The van der Waals surface area contributed by atoms with Gasteiger partial charge in [-0.2, -0.15) is 0 Å². The van der Waals surface area contributed by atoms with Crippen molar-refractivity contribution in [3.05, 3.63) is 52.1 Å². The zero-order valence-corrected chi connectivity index (χ0v) is 17.3. The highest BCUT2D eigenvalue weighted by atomic mass is 19.1. The number of nitrogens with one attached hydrogen (secondary N) is 1. The third-order valence-electron chi connectivity index (χ3n) is 5.64. The molecule has 0 spiro atoms. The van der Waals surface area contributed by atoms with Gasteiger partial charge in [-0.05, 0) is 56.8 Å². The van der Waals surface area contributed by atoms with E-state index in [-0.39, 0.29) is 5.91 Å². The zero-order chi connectivity index (χ0) is 21.3. The lowest BCUT2D eigenvalue weighted by molar-refractivity contribution is -0.110. The molecule has 0 fully saturated rings. The summed E-state index contributed by atoms with van der Waals surface area (Å²) >= 11 is 0. The molecule has 3 rings (SSSR count). The fraction of sp³-hybridized carbons (Fsp3) is 0.364. The van der Waals surface area contributed by atoms with Crippen LogP contribution in [0.2, 0.25) is 0 Å². The Morgan fingerprint density at radius 1 is 1.28 bits per heavy atom. The lowest BCUT2D eigenvalue weighted by Crippen LogP contribution is -2.27. The molecular weight excluding hydrogens is 371 g/mol. The van der Waals surface area contributed by atoms with E-state index in [1.807, 2.05) is 18.4 Å². The normalized spacial score (nSPS) is 14.6. The first kappa shape index (κ1) is 20.8. The van der Waals surface area contributed by atoms with Crippen LogP contribution in [0.25, 0.3) is 11.6 Å². The van der Waals surface area contributed by atoms with Gasteiger partial charge in [-0.15, -0.1) is 0 Å². The molecule has 3 N–H and O–H groups in total. The summed E-state index contributed by atoms with van der Waals surface area (Å²) in [6, 6.07) is 4.21. The van der Waals surface area contributed by atoms with Crippen LogP contribution in [0.1, 0.15) is 46.7 Å². The number of aromatic nitrogens is 1. The maximum Gasteiger partial charge on any atom is 0.256 e. The molecule has 29 heavy (non-hydrogen) atoms. The van der Waals surface area contributed by atoms with Crippen molar-refractivity contribution in [2.75, 3.05) is 25.0 Å². The Morgan fingerprint density at radius 2 is 1.97 bits per heavy atom. The van der Waals surface area contributed by atoms with Gasteiger partial charge in [0.1, 0.15) is 5.82 Å². The molecule has 7 heteroatoms. The van der Waals surface area contributed by atoms with Gasteiger partial charge in [0, 0.05) is 35.7 Å². The van der Waals surface area contributed by atoms with Crippen molar-refractivity contribution < 1.29 is 14.0 Å². The van der Waals surface area contributed by atoms with Crippen LogP contribution in [-0.4, -0.2) is 40.9 Å². The fourth-order valence-electron chi connectivity index (χ4n) is 3.98. The molecule has 0 radical (unpaired) electrons. The van der Waals surface area contributed by atoms with Crippen LogP contribution in [0.4, 0.5) is 10.1 Å². The Kier molecular flexibility index (Phi) is 5.88. The first-order valence-corrected chi connectivity index (χ1v) is 9.83. The second kappa shape index (κ2) is 8.21. The minimum Gasteiger partial charge on any atom is -0.366 e. The monoisotopic (exact) mass is 398 g/mol. The largest absolute Gasteiger partial charge is 0.366 e. The molecule has 0 saturated heterocycles. The number of halogens is 1. The standard InChI is InChI=1S/C22H27FN4O2/c1-5-26(6-2)9-10-27-14(4)20(21(24)28)13(3)19(27)12-17-16-11-15(23)7-8-18(16)25-22(17)29/h7-8,11-12H,5-6,9-10H2,1-4H3,(H2,24,28)(H,25,29). The van der Waals surface area contributed by atoms with Crippen molar-refractivity contribution in [3.63, 3.8) is 0 Å². The van der Waals surface area contributed by atoms with Crippen LogP contribution >= 0.6 is 0 Å². The van der Waals surface area contributed by atoms with Gasteiger partial charge in [-0.25, -0.2) is 4.39 Å². The number of likely N-dealkylation sites (N-methyl/N-ethyl adjacent to an activating group) is 1. The number of rotatable bonds is 7. The lowest BCUT2D eigenvalue weighted by atomic mass is 10.0. The minimum atomic E-state index is -0.497. The van der Waals surface area contributed by atoms with Gasteiger partial charge < -0.3 is 20.5 Å². The average molecular weight is 398 g/mol. The van der Waals surface area contributed by atoms with Crippen LogP contribution in [0.5, 0.6) is 0 Å². The van der Waals surface area contributed by atoms with E-state index in [0.717, 1.165) is 36.6 Å². The lowest BCUT2D eigenvalue weighted by Gasteiger charge is -2.20. The molecule has 0 saturated carbocycles. The van der Waals surface area contributed by atoms with Crippen LogP contribution in [0.15, 0.2) is 18.2 Å². The highest BCUT2D eigenvalue weighted by Gasteiger charge is 2.27. The highest BCUT2D eigenvalue weighted by molar-refractivity contribution is 6.35. The fourth-order valence-corrected chi connectivity index (χ4v) is 3.98. The number of hydrogen-bond donors (Lipinski definition) is 2. The summed E-state index contributed by atoms with van der Waals surface area (Å²) in [7, 11) is 0. The summed E-state index contributed by atoms with van der Waals surface area (Å²) in [5.74, 6) is -1.20. The van der Waals surface area contributed by atoms with Gasteiger partial charge in [0.2, 0.25) is 0 Å². The predicted molar refractivity (Wildman–Crippen MR) is 113 cm³/mol. The number of amides is 2. The summed E-state index contributed by atoms with van der Waals surface area (Å²) in [6.45, 7) is 11.2. The number of carbonyl (C=O) groups is 2. The molecule has 1 aliphatic heterocycles. The highest BCUT2D eigenvalue weighted by Crippen LogP contribution is 2.35. The van der Waals surface area contributed by atoms with E-state index in [2.05, 4.69) is 24.1 Å². The Labute approximate surface area is 170 Å². The second-order valence-corrected chi connectivity index (χ2v) is 7.22. The average Bonchev–Trinajstić information content (AvgIpc) is 3.10. The molecule has 1 aromatic heterocycles. The quantitative estimate of drug-likeness (QED) is 0.703. The zero-order valence-electron chi connectivity index (χ0n) is 17.3. The van der Waals surface area contributed by atoms with Crippen molar-refractivity contribution >= 4 is 29.2 Å². The molecular formula is C22H27FN4O2. The van der Waals surface area contributed by atoms with Gasteiger partial charge in [0.25, 0.3) is 11.8 Å². The summed E-state index contributed by atoms with van der Waals surface area (Å²) in [5, 5.41) is 2.76. The topological polar surface area (TPSA) is 80.4 Å². The maximum absolute atomic E-state index is 13.8. The van der Waals surface area contributed by atoms with Crippen molar-refractivity contribution in [1.29, 1.82) is 0 Å². The third-order valence-corrected chi connectivity index (χ3v) is 5.64. The molecule has 1 aliphatic rings. The Hall–Kier alpha value is -2.93. The second-order valence-electron chi connectivity index (χ2n) is 7.22. The van der Waals surface area contributed by atoms with Crippen molar-refractivity contribution in [1.82, 2.24) is 9.47 Å². The molecule has 2 aromatic rings. The Morgan fingerprint density at radius 3 is 2.59 bits per heavy atom. The number of benzene rings is 1. The van der Waals surface area contributed by atoms with Crippen molar-refractivity contribution in [2.45, 2.75) is 34.2 Å². The molecule has 154 valence electrons. The van der Waals surface area contributed by atoms with Crippen LogP contribution in [-0.2, 0) is 11.3 Å². The molecule has 1 aromatic carbocycles. The van der Waals surface area contributed by atoms with Gasteiger partial charge in [0.05, 0.1) is 11.1 Å². The van der Waals surface area contributed by atoms with Crippen molar-refractivity contribution in [2.24, 2.45) is 5.73 Å². The first-order valence-electron chi connectivity index (χ1n) is 9.83. The SMILES string of the molecule is CCN(CC)CCn1c(C)c(C(N)=O)c(C)c1C=C1C(=O)Nc2ccc(F)cc21. The van der Waals surface area contributed by atoms with E-state index in [9.17, 15) is 14.0 Å². The molecule has 0 aliphatic carbocycles. The van der Waals surface area contributed by atoms with E-state index in [0.29, 0.717) is 28.9 Å². The number of carbonyl (C=O) groups excluding carboxylic acids is 2. The first-order chi connectivity index (χ1) is 13.8. The van der Waals surface area contributed by atoms with E-state index >= 15 is 0 Å². The van der Waals surface area contributed by atoms with E-state index in [1.165, 1.54) is 12.1 Å². The van der Waals surface area contributed by atoms with E-state index < -0.39 is 11.7 Å². The Balaban J connectivity index is 2.13. The van der Waals surface area contributed by atoms with Gasteiger partial charge in [-0.1, -0.05) is 13.8 Å². The van der Waals surface area contributed by atoms with Crippen LogP contribution < -0.4 is 11.1 Å². The number of nitrogens with two attached hydrogens (primary N) is 1. The minimum absolute atomic E-state index is 0.292. The number of nitrogens with zero attached hydrogens (tertiary/aromatic N) is 2. The number of anilines is 1. The number of fused-ring (bicyclic) bond motifs is 1. The summed E-state index contributed by atoms with van der Waals surface area (Å²) in [4.78, 5) is 26.9. The van der Waals surface area contributed by atoms with Crippen molar-refractivity contribution in [3.8, 4) is 0 Å². The summed E-state index contributed by atoms with van der Waals surface area (Å²) in [6.07, 6.45) is 1.73. The van der Waals surface area contributed by atoms with Gasteiger partial charge in [-0.3, -0.25) is 9.59 Å². The molecule has 0 unspecified atom stereocenters. The smallest absolute Gasteiger partial charge is 0.256 e. The van der Waals surface area contributed by atoms with Crippen LogP contribution in [0, 0.1) is 19.7 Å². The van der Waals surface area contributed by atoms with Crippen LogP contribution in [0.3, 0.4) is 0 Å². The van der Waals surface area contributed by atoms with Gasteiger partial charge in [0.15, 0.2) is 0 Å². The van der Waals surface area contributed by atoms with Gasteiger partial charge >= 0.3 is 0 Å². The number of primary amides is 1. The summed E-state index contributed by atoms with van der Waals surface area (Å²) in [5.41, 5.74) is 9.80. The predicted octanol–water partition coefficient (Wildman–Crippen LogP) is 3.18. The molecule has 0 bridgehead atoms. The van der Waals surface area contributed by atoms with E-state index in [1.54, 1.807) is 12.1 Å². The maximum atomic E-state index is 13.8. The van der Waals surface area contributed by atoms with E-state index in [4.69, 9.17) is 5.73 Å². The molecule has 6 nitrogen and oxygen atoms in total. The summed E-state index contributed by atoms with van der Waals surface area (Å²) < 4.78 is 15.8. The molecule has 2 heterocycles.